The van der Waals surface area contributed by atoms with E-state index in [-0.39, 0.29) is 5.91 Å². The van der Waals surface area contributed by atoms with Crippen LogP contribution >= 0.6 is 11.3 Å². The number of carbonyl (C=O) groups is 2. The average molecular weight is 361 g/mol. The summed E-state index contributed by atoms with van der Waals surface area (Å²) in [6.45, 7) is 9.32. The summed E-state index contributed by atoms with van der Waals surface area (Å²) in [7, 11) is 0. The number of anilines is 1. The molecule has 1 aliphatic carbocycles. The lowest BCUT2D eigenvalue weighted by atomic mass is 10.2. The van der Waals surface area contributed by atoms with E-state index in [0.717, 1.165) is 34.8 Å². The second-order valence-corrected chi connectivity index (χ2v) is 7.79. The number of nitrogens with zero attached hydrogens (tertiary/aromatic N) is 2. The van der Waals surface area contributed by atoms with Crippen molar-refractivity contribution in [3.63, 3.8) is 0 Å². The Bertz CT molecular complexity index is 813. The Morgan fingerprint density at radius 3 is 2.56 bits per heavy atom. The van der Waals surface area contributed by atoms with Crippen LogP contribution in [0.1, 0.15) is 58.1 Å². The molecule has 0 bridgehead atoms. The number of nitrogens with one attached hydrogen (secondary N) is 1. The topological polar surface area (TPSA) is 73.2 Å². The molecule has 3 rings (SSSR count). The van der Waals surface area contributed by atoms with E-state index in [1.165, 1.54) is 11.3 Å². The van der Waals surface area contributed by atoms with Gasteiger partial charge >= 0.3 is 5.97 Å². The zero-order valence-corrected chi connectivity index (χ0v) is 16.0. The summed E-state index contributed by atoms with van der Waals surface area (Å²) >= 11 is 1.41. The lowest BCUT2D eigenvalue weighted by Gasteiger charge is -2.13. The number of rotatable bonds is 5. The normalized spacial score (nSPS) is 15.1. The number of esters is 1. The van der Waals surface area contributed by atoms with Gasteiger partial charge in [-0.3, -0.25) is 10.1 Å². The summed E-state index contributed by atoms with van der Waals surface area (Å²) < 4.78 is 7.55. The van der Waals surface area contributed by atoms with E-state index in [4.69, 9.17) is 4.74 Å². The number of carbonyl (C=O) groups excluding carboxylic acids is 2. The molecule has 7 heteroatoms. The maximum Gasteiger partial charge on any atom is 0.340 e. The molecule has 6 nitrogen and oxygen atoms in total. The molecule has 0 radical (unpaired) electrons. The molecular formula is C18H23N3O3S. The second kappa shape index (κ2) is 6.63. The van der Waals surface area contributed by atoms with Crippen LogP contribution in [0.3, 0.4) is 0 Å². The van der Waals surface area contributed by atoms with E-state index in [9.17, 15) is 9.59 Å². The molecule has 0 saturated heterocycles. The molecule has 2 heterocycles. The SMILES string of the molecule is Cc1nc(NC(=O)[C@@H](C)OC(=O)c2cc(C)n(C3CC3)c2C)sc1C. The number of aromatic nitrogens is 2. The van der Waals surface area contributed by atoms with Gasteiger partial charge in [0.1, 0.15) is 0 Å². The van der Waals surface area contributed by atoms with Crippen LogP contribution in [0.4, 0.5) is 5.13 Å². The standard InChI is InChI=1S/C18H23N3O3S/c1-9-8-15(11(3)21(9)14-6-7-14)17(23)24-12(4)16(22)20-18-19-10(2)13(5)25-18/h8,12,14H,6-7H2,1-5H3,(H,19,20,22)/t12-/m1/s1. The number of amides is 1. The van der Waals surface area contributed by atoms with E-state index in [0.29, 0.717) is 16.7 Å². The minimum atomic E-state index is -0.888. The van der Waals surface area contributed by atoms with Gasteiger partial charge in [-0.15, -0.1) is 11.3 Å². The fourth-order valence-corrected chi connectivity index (χ4v) is 3.71. The number of hydrogen-bond donors (Lipinski definition) is 1. The monoisotopic (exact) mass is 361 g/mol. The van der Waals surface area contributed by atoms with Crippen molar-refractivity contribution in [2.45, 2.75) is 59.6 Å². The van der Waals surface area contributed by atoms with Crippen LogP contribution in [-0.4, -0.2) is 27.5 Å². The minimum Gasteiger partial charge on any atom is -0.449 e. The first-order valence-corrected chi connectivity index (χ1v) is 9.24. The molecular weight excluding hydrogens is 338 g/mol. The van der Waals surface area contributed by atoms with Crippen molar-refractivity contribution in [1.29, 1.82) is 0 Å². The highest BCUT2D eigenvalue weighted by molar-refractivity contribution is 7.15. The van der Waals surface area contributed by atoms with Crippen LogP contribution in [-0.2, 0) is 9.53 Å². The number of ether oxygens (including phenoxy) is 1. The van der Waals surface area contributed by atoms with Crippen molar-refractivity contribution in [2.24, 2.45) is 0 Å². The molecule has 2 aromatic heterocycles. The Hall–Kier alpha value is -2.15. The Morgan fingerprint density at radius 2 is 2.00 bits per heavy atom. The second-order valence-electron chi connectivity index (χ2n) is 6.58. The van der Waals surface area contributed by atoms with Crippen molar-refractivity contribution >= 4 is 28.3 Å². The lowest BCUT2D eigenvalue weighted by Crippen LogP contribution is -2.30. The van der Waals surface area contributed by atoms with Crippen LogP contribution in [0.2, 0.25) is 0 Å². The highest BCUT2D eigenvalue weighted by Crippen LogP contribution is 2.38. The molecule has 1 atom stereocenters. The van der Waals surface area contributed by atoms with E-state index < -0.39 is 12.1 Å². The van der Waals surface area contributed by atoms with Crippen LogP contribution in [0.15, 0.2) is 6.07 Å². The molecule has 25 heavy (non-hydrogen) atoms. The zero-order valence-electron chi connectivity index (χ0n) is 15.2. The van der Waals surface area contributed by atoms with Gasteiger partial charge in [0.25, 0.3) is 5.91 Å². The number of hydrogen-bond acceptors (Lipinski definition) is 5. The van der Waals surface area contributed by atoms with E-state index in [1.807, 2.05) is 33.8 Å². The van der Waals surface area contributed by atoms with Gasteiger partial charge in [-0.25, -0.2) is 9.78 Å². The maximum atomic E-state index is 12.5. The molecule has 0 spiro atoms. The van der Waals surface area contributed by atoms with E-state index >= 15 is 0 Å². The van der Waals surface area contributed by atoms with Crippen molar-refractivity contribution in [1.82, 2.24) is 9.55 Å². The summed E-state index contributed by atoms with van der Waals surface area (Å²) in [5.74, 6) is -0.841. The zero-order chi connectivity index (χ0) is 18.3. The van der Waals surface area contributed by atoms with Crippen LogP contribution in [0.25, 0.3) is 0 Å². The molecule has 1 N–H and O–H groups in total. The van der Waals surface area contributed by atoms with Gasteiger partial charge in [0.2, 0.25) is 0 Å². The molecule has 2 aromatic rings. The lowest BCUT2D eigenvalue weighted by molar-refractivity contribution is -0.123. The Balaban J connectivity index is 1.66. The Morgan fingerprint density at radius 1 is 1.32 bits per heavy atom. The van der Waals surface area contributed by atoms with Gasteiger partial charge in [-0.2, -0.15) is 0 Å². The molecule has 0 unspecified atom stereocenters. The third-order valence-electron chi connectivity index (χ3n) is 4.53. The van der Waals surface area contributed by atoms with E-state index in [2.05, 4.69) is 14.9 Å². The molecule has 1 fully saturated rings. The molecule has 1 saturated carbocycles. The van der Waals surface area contributed by atoms with Crippen molar-refractivity contribution in [2.75, 3.05) is 5.32 Å². The first-order chi connectivity index (χ1) is 11.8. The van der Waals surface area contributed by atoms with Gasteiger partial charge in [0.05, 0.1) is 11.3 Å². The maximum absolute atomic E-state index is 12.5. The first kappa shape index (κ1) is 17.7. The molecule has 0 aliphatic heterocycles. The van der Waals surface area contributed by atoms with Gasteiger partial charge in [0, 0.05) is 22.3 Å². The highest BCUT2D eigenvalue weighted by Gasteiger charge is 2.29. The van der Waals surface area contributed by atoms with Crippen LogP contribution < -0.4 is 5.32 Å². The quantitative estimate of drug-likeness (QED) is 0.824. The van der Waals surface area contributed by atoms with Crippen LogP contribution in [0.5, 0.6) is 0 Å². The number of aryl methyl sites for hydroxylation is 3. The summed E-state index contributed by atoms with van der Waals surface area (Å²) in [4.78, 5) is 30.0. The molecule has 0 aromatic carbocycles. The number of thiazole rings is 1. The van der Waals surface area contributed by atoms with Crippen molar-refractivity contribution in [3.8, 4) is 0 Å². The van der Waals surface area contributed by atoms with Gasteiger partial charge in [-0.1, -0.05) is 0 Å². The fourth-order valence-electron chi connectivity index (χ4n) is 2.89. The molecule has 1 amide bonds. The van der Waals surface area contributed by atoms with Crippen LogP contribution in [0, 0.1) is 27.7 Å². The summed E-state index contributed by atoms with van der Waals surface area (Å²) in [5.41, 5.74) is 3.38. The van der Waals surface area contributed by atoms with Crippen molar-refractivity contribution < 1.29 is 14.3 Å². The highest BCUT2D eigenvalue weighted by atomic mass is 32.1. The largest absolute Gasteiger partial charge is 0.449 e. The smallest absolute Gasteiger partial charge is 0.340 e. The summed E-state index contributed by atoms with van der Waals surface area (Å²) in [5, 5.41) is 3.23. The van der Waals surface area contributed by atoms with E-state index in [1.54, 1.807) is 6.92 Å². The first-order valence-electron chi connectivity index (χ1n) is 8.42. The van der Waals surface area contributed by atoms with Crippen molar-refractivity contribution in [3.05, 3.63) is 33.6 Å². The predicted octanol–water partition coefficient (Wildman–Crippen LogP) is 3.70. The third-order valence-corrected chi connectivity index (χ3v) is 5.52. The summed E-state index contributed by atoms with van der Waals surface area (Å²) in [6.07, 6.45) is 1.41. The summed E-state index contributed by atoms with van der Waals surface area (Å²) in [6, 6.07) is 2.34. The van der Waals surface area contributed by atoms with Gasteiger partial charge < -0.3 is 9.30 Å². The average Bonchev–Trinajstić information content (AvgIpc) is 3.25. The predicted molar refractivity (Wildman–Crippen MR) is 97.3 cm³/mol. The Kier molecular flexibility index (Phi) is 4.69. The minimum absolute atomic E-state index is 0.377. The van der Waals surface area contributed by atoms with Gasteiger partial charge in [-0.05, 0) is 53.5 Å². The van der Waals surface area contributed by atoms with Gasteiger partial charge in [0.15, 0.2) is 11.2 Å². The molecule has 1 aliphatic rings. The fraction of sp³-hybridized carbons (Fsp3) is 0.500. The molecule has 134 valence electrons. The third kappa shape index (κ3) is 3.61. The Labute approximate surface area is 151 Å².